The molecule has 0 saturated carbocycles. The minimum absolute atomic E-state index is 0.182. The number of likely N-dealkylation sites (N-methyl/N-ethyl adjacent to an activating group) is 1. The van der Waals surface area contributed by atoms with Crippen molar-refractivity contribution in [3.8, 4) is 0 Å². The summed E-state index contributed by atoms with van der Waals surface area (Å²) in [6.45, 7) is 6.40. The average molecular weight is 259 g/mol. The van der Waals surface area contributed by atoms with Gasteiger partial charge >= 0.3 is 0 Å². The van der Waals surface area contributed by atoms with E-state index in [4.69, 9.17) is 5.73 Å². The molecule has 1 saturated heterocycles. The minimum atomic E-state index is 0.182. The lowest BCUT2D eigenvalue weighted by Crippen LogP contribution is -2.56. The highest BCUT2D eigenvalue weighted by Gasteiger charge is 2.44. The SMILES string of the molecule is CC1CC(CN)(N2CCc3ccccc3C2)CN1C. The van der Waals surface area contributed by atoms with Gasteiger partial charge in [-0.3, -0.25) is 4.90 Å². The molecule has 0 aliphatic carbocycles. The topological polar surface area (TPSA) is 32.5 Å². The Morgan fingerprint density at radius 2 is 2.05 bits per heavy atom. The van der Waals surface area contributed by atoms with Crippen LogP contribution in [-0.2, 0) is 13.0 Å². The molecule has 2 unspecified atom stereocenters. The Morgan fingerprint density at radius 3 is 2.68 bits per heavy atom. The number of benzene rings is 1. The molecule has 0 spiro atoms. The largest absolute Gasteiger partial charge is 0.329 e. The Labute approximate surface area is 116 Å². The van der Waals surface area contributed by atoms with Crippen LogP contribution >= 0.6 is 0 Å². The minimum Gasteiger partial charge on any atom is -0.329 e. The van der Waals surface area contributed by atoms with Crippen LogP contribution in [0.4, 0.5) is 0 Å². The van der Waals surface area contributed by atoms with Gasteiger partial charge in [-0.05, 0) is 37.9 Å². The summed E-state index contributed by atoms with van der Waals surface area (Å²) < 4.78 is 0. The third kappa shape index (κ3) is 2.20. The first-order valence-electron chi connectivity index (χ1n) is 7.37. The van der Waals surface area contributed by atoms with Crippen LogP contribution in [0.1, 0.15) is 24.5 Å². The van der Waals surface area contributed by atoms with E-state index in [1.165, 1.54) is 17.5 Å². The quantitative estimate of drug-likeness (QED) is 0.873. The Bertz CT molecular complexity index is 447. The van der Waals surface area contributed by atoms with Gasteiger partial charge in [0.15, 0.2) is 0 Å². The van der Waals surface area contributed by atoms with E-state index >= 15 is 0 Å². The van der Waals surface area contributed by atoms with Gasteiger partial charge in [-0.1, -0.05) is 24.3 Å². The van der Waals surface area contributed by atoms with Gasteiger partial charge in [0, 0.05) is 37.8 Å². The molecule has 1 aromatic carbocycles. The Hall–Kier alpha value is -0.900. The Kier molecular flexibility index (Phi) is 3.37. The third-order valence-electron chi connectivity index (χ3n) is 5.15. The van der Waals surface area contributed by atoms with Crippen molar-refractivity contribution in [3.63, 3.8) is 0 Å². The first kappa shape index (κ1) is 13.1. The van der Waals surface area contributed by atoms with E-state index in [-0.39, 0.29) is 5.54 Å². The lowest BCUT2D eigenvalue weighted by atomic mass is 9.89. The van der Waals surface area contributed by atoms with E-state index < -0.39 is 0 Å². The molecular weight excluding hydrogens is 234 g/mol. The predicted molar refractivity (Wildman–Crippen MR) is 79.1 cm³/mol. The molecule has 0 amide bonds. The smallest absolute Gasteiger partial charge is 0.0476 e. The van der Waals surface area contributed by atoms with Gasteiger partial charge < -0.3 is 10.6 Å². The number of hydrogen-bond acceptors (Lipinski definition) is 3. The fourth-order valence-electron chi connectivity index (χ4n) is 3.80. The monoisotopic (exact) mass is 259 g/mol. The van der Waals surface area contributed by atoms with E-state index in [0.717, 1.165) is 32.6 Å². The zero-order valence-electron chi connectivity index (χ0n) is 12.1. The lowest BCUT2D eigenvalue weighted by molar-refractivity contribution is 0.0869. The van der Waals surface area contributed by atoms with Crippen molar-refractivity contribution in [2.75, 3.05) is 26.7 Å². The van der Waals surface area contributed by atoms with Gasteiger partial charge in [-0.25, -0.2) is 0 Å². The molecule has 3 heteroatoms. The maximum absolute atomic E-state index is 6.18. The molecule has 2 aliphatic heterocycles. The summed E-state index contributed by atoms with van der Waals surface area (Å²) in [6.07, 6.45) is 2.36. The van der Waals surface area contributed by atoms with Gasteiger partial charge in [0.2, 0.25) is 0 Å². The average Bonchev–Trinajstić information content (AvgIpc) is 2.75. The summed E-state index contributed by atoms with van der Waals surface area (Å²) in [4.78, 5) is 5.09. The predicted octanol–water partition coefficient (Wildman–Crippen LogP) is 1.47. The summed E-state index contributed by atoms with van der Waals surface area (Å²) in [5.41, 5.74) is 9.37. The Balaban J connectivity index is 1.84. The summed E-state index contributed by atoms with van der Waals surface area (Å²) in [6, 6.07) is 9.49. The van der Waals surface area contributed by atoms with Crippen LogP contribution in [0, 0.1) is 0 Å². The number of hydrogen-bond donors (Lipinski definition) is 1. The summed E-state index contributed by atoms with van der Waals surface area (Å²) in [5, 5.41) is 0. The van der Waals surface area contributed by atoms with Crippen molar-refractivity contribution >= 4 is 0 Å². The highest BCUT2D eigenvalue weighted by Crippen LogP contribution is 2.34. The van der Waals surface area contributed by atoms with Crippen molar-refractivity contribution in [2.45, 2.75) is 37.9 Å². The van der Waals surface area contributed by atoms with E-state index in [1.54, 1.807) is 0 Å². The zero-order chi connectivity index (χ0) is 13.5. The molecule has 0 bridgehead atoms. The molecule has 3 nitrogen and oxygen atoms in total. The zero-order valence-corrected chi connectivity index (χ0v) is 12.1. The maximum atomic E-state index is 6.18. The van der Waals surface area contributed by atoms with Gasteiger partial charge in [0.05, 0.1) is 0 Å². The number of likely N-dealkylation sites (tertiary alicyclic amines) is 1. The first-order valence-corrected chi connectivity index (χ1v) is 7.37. The highest BCUT2D eigenvalue weighted by atomic mass is 15.3. The van der Waals surface area contributed by atoms with Crippen molar-refractivity contribution in [1.29, 1.82) is 0 Å². The molecule has 2 heterocycles. The van der Waals surface area contributed by atoms with Gasteiger partial charge in [0.25, 0.3) is 0 Å². The standard InChI is InChI=1S/C16H25N3/c1-13-9-16(11-17,12-18(13)2)19-8-7-14-5-3-4-6-15(14)10-19/h3-6,13H,7-12,17H2,1-2H3. The van der Waals surface area contributed by atoms with Crippen molar-refractivity contribution in [1.82, 2.24) is 9.80 Å². The van der Waals surface area contributed by atoms with Crippen LogP contribution in [-0.4, -0.2) is 48.1 Å². The fraction of sp³-hybridized carbons (Fsp3) is 0.625. The number of fused-ring (bicyclic) bond motifs is 1. The number of nitrogens with zero attached hydrogens (tertiary/aromatic N) is 2. The molecule has 0 radical (unpaired) electrons. The van der Waals surface area contributed by atoms with Crippen molar-refractivity contribution in [2.24, 2.45) is 5.73 Å². The molecule has 19 heavy (non-hydrogen) atoms. The molecule has 2 atom stereocenters. The molecule has 2 N–H and O–H groups in total. The Morgan fingerprint density at radius 1 is 1.32 bits per heavy atom. The van der Waals surface area contributed by atoms with Crippen LogP contribution in [0.5, 0.6) is 0 Å². The van der Waals surface area contributed by atoms with Gasteiger partial charge in [0.1, 0.15) is 0 Å². The van der Waals surface area contributed by atoms with Crippen LogP contribution in [0.3, 0.4) is 0 Å². The van der Waals surface area contributed by atoms with Crippen molar-refractivity contribution < 1.29 is 0 Å². The van der Waals surface area contributed by atoms with Crippen LogP contribution in [0.2, 0.25) is 0 Å². The second-order valence-electron chi connectivity index (χ2n) is 6.34. The van der Waals surface area contributed by atoms with E-state index in [0.29, 0.717) is 6.04 Å². The second kappa shape index (κ2) is 4.89. The molecule has 2 aliphatic rings. The summed E-state index contributed by atoms with van der Waals surface area (Å²) >= 11 is 0. The molecule has 1 aromatic rings. The number of nitrogens with two attached hydrogens (primary N) is 1. The van der Waals surface area contributed by atoms with Gasteiger partial charge in [-0.15, -0.1) is 0 Å². The van der Waals surface area contributed by atoms with E-state index in [2.05, 4.69) is 48.0 Å². The van der Waals surface area contributed by atoms with Gasteiger partial charge in [-0.2, -0.15) is 0 Å². The molecular formula is C16H25N3. The normalized spacial score (nSPS) is 32.5. The third-order valence-corrected chi connectivity index (χ3v) is 5.15. The van der Waals surface area contributed by atoms with Crippen LogP contribution in [0.25, 0.3) is 0 Å². The second-order valence-corrected chi connectivity index (χ2v) is 6.34. The van der Waals surface area contributed by atoms with E-state index in [1.807, 2.05) is 0 Å². The van der Waals surface area contributed by atoms with Crippen LogP contribution in [0.15, 0.2) is 24.3 Å². The molecule has 0 aromatic heterocycles. The maximum Gasteiger partial charge on any atom is 0.0476 e. The highest BCUT2D eigenvalue weighted by molar-refractivity contribution is 5.30. The first-order chi connectivity index (χ1) is 9.14. The number of rotatable bonds is 2. The molecule has 104 valence electrons. The summed E-state index contributed by atoms with van der Waals surface area (Å²) in [7, 11) is 2.22. The van der Waals surface area contributed by atoms with E-state index in [9.17, 15) is 0 Å². The fourth-order valence-corrected chi connectivity index (χ4v) is 3.80. The van der Waals surface area contributed by atoms with Crippen LogP contribution < -0.4 is 5.73 Å². The summed E-state index contributed by atoms with van der Waals surface area (Å²) in [5.74, 6) is 0. The molecule has 1 fully saturated rings. The van der Waals surface area contributed by atoms with Crippen molar-refractivity contribution in [3.05, 3.63) is 35.4 Å². The lowest BCUT2D eigenvalue weighted by Gasteiger charge is -2.43. The molecule has 3 rings (SSSR count).